The van der Waals surface area contributed by atoms with E-state index in [0.717, 1.165) is 26.9 Å². The summed E-state index contributed by atoms with van der Waals surface area (Å²) >= 11 is 3.41. The van der Waals surface area contributed by atoms with Gasteiger partial charge in [0.15, 0.2) is 5.65 Å². The topological polar surface area (TPSA) is 54.5 Å². The first-order valence-corrected chi connectivity index (χ1v) is 5.55. The van der Waals surface area contributed by atoms with Crippen LogP contribution in [-0.4, -0.2) is 20.2 Å². The molecule has 5 heteroatoms. The van der Waals surface area contributed by atoms with Gasteiger partial charge in [-0.05, 0) is 15.9 Å². The second-order valence-electron chi connectivity index (χ2n) is 3.33. The number of halogens is 1. The van der Waals surface area contributed by atoms with Crippen molar-refractivity contribution in [3.63, 3.8) is 0 Å². The third-order valence-electron chi connectivity index (χ3n) is 2.36. The number of hydrogen-bond acceptors (Lipinski definition) is 3. The Hall–Kier alpha value is -1.75. The maximum absolute atomic E-state index is 4.27. The lowest BCUT2D eigenvalue weighted by molar-refractivity contribution is 1.09. The van der Waals surface area contributed by atoms with E-state index in [2.05, 4.69) is 36.1 Å². The summed E-state index contributed by atoms with van der Waals surface area (Å²) in [7, 11) is 0. The van der Waals surface area contributed by atoms with Gasteiger partial charge in [0.2, 0.25) is 0 Å². The Balaban J connectivity index is 2.33. The summed E-state index contributed by atoms with van der Waals surface area (Å²) in [5.41, 5.74) is 2.65. The monoisotopic (exact) mass is 274 g/mol. The SMILES string of the molecule is Brc1ncnc2[nH]nc(-c3ccccc3)c12. The Morgan fingerprint density at radius 1 is 1.06 bits per heavy atom. The van der Waals surface area contributed by atoms with Crippen LogP contribution in [0.5, 0.6) is 0 Å². The van der Waals surface area contributed by atoms with Gasteiger partial charge in [-0.2, -0.15) is 5.10 Å². The van der Waals surface area contributed by atoms with Gasteiger partial charge in [-0.25, -0.2) is 9.97 Å². The Morgan fingerprint density at radius 2 is 1.88 bits per heavy atom. The summed E-state index contributed by atoms with van der Waals surface area (Å²) in [5, 5.41) is 8.08. The number of hydrogen-bond donors (Lipinski definition) is 1. The third-order valence-corrected chi connectivity index (χ3v) is 2.96. The lowest BCUT2D eigenvalue weighted by Gasteiger charge is -1.97. The zero-order valence-electron chi connectivity index (χ0n) is 8.18. The molecule has 0 radical (unpaired) electrons. The molecule has 2 aromatic heterocycles. The lowest BCUT2D eigenvalue weighted by Crippen LogP contribution is -1.82. The summed E-state index contributed by atoms with van der Waals surface area (Å²) in [6.45, 7) is 0. The van der Waals surface area contributed by atoms with E-state index >= 15 is 0 Å². The highest BCUT2D eigenvalue weighted by molar-refractivity contribution is 9.10. The number of aromatic amines is 1. The van der Waals surface area contributed by atoms with Crippen LogP contribution in [0.25, 0.3) is 22.3 Å². The Bertz CT molecular complexity index is 633. The van der Waals surface area contributed by atoms with E-state index in [1.165, 1.54) is 6.33 Å². The van der Waals surface area contributed by atoms with Gasteiger partial charge in [-0.1, -0.05) is 30.3 Å². The molecule has 0 bridgehead atoms. The average Bonchev–Trinajstić information content (AvgIpc) is 2.75. The van der Waals surface area contributed by atoms with Crippen molar-refractivity contribution >= 4 is 27.0 Å². The summed E-state index contributed by atoms with van der Waals surface area (Å²) < 4.78 is 0.755. The minimum atomic E-state index is 0.737. The normalized spacial score (nSPS) is 10.8. The van der Waals surface area contributed by atoms with Crippen LogP contribution in [-0.2, 0) is 0 Å². The summed E-state index contributed by atoms with van der Waals surface area (Å²) in [6.07, 6.45) is 1.50. The average molecular weight is 275 g/mol. The van der Waals surface area contributed by atoms with E-state index in [0.29, 0.717) is 0 Å². The maximum atomic E-state index is 4.27. The quantitative estimate of drug-likeness (QED) is 0.695. The van der Waals surface area contributed by atoms with Crippen LogP contribution in [0.3, 0.4) is 0 Å². The molecule has 0 aliphatic rings. The molecule has 0 aliphatic carbocycles. The fourth-order valence-corrected chi connectivity index (χ4v) is 2.10. The zero-order chi connectivity index (χ0) is 11.0. The van der Waals surface area contributed by atoms with Crippen LogP contribution in [0.4, 0.5) is 0 Å². The second kappa shape index (κ2) is 3.68. The zero-order valence-corrected chi connectivity index (χ0v) is 9.77. The van der Waals surface area contributed by atoms with Crippen LogP contribution in [0.2, 0.25) is 0 Å². The first-order valence-electron chi connectivity index (χ1n) is 4.76. The highest BCUT2D eigenvalue weighted by Gasteiger charge is 2.11. The molecule has 0 spiro atoms. The summed E-state index contributed by atoms with van der Waals surface area (Å²) in [6, 6.07) is 9.95. The number of nitrogens with one attached hydrogen (secondary N) is 1. The largest absolute Gasteiger partial charge is 0.260 e. The molecule has 1 aromatic carbocycles. The van der Waals surface area contributed by atoms with Crippen molar-refractivity contribution in [2.75, 3.05) is 0 Å². The van der Waals surface area contributed by atoms with Gasteiger partial charge >= 0.3 is 0 Å². The molecular weight excluding hydrogens is 268 g/mol. The predicted molar refractivity (Wildman–Crippen MR) is 64.8 cm³/mol. The van der Waals surface area contributed by atoms with Crippen molar-refractivity contribution in [3.8, 4) is 11.3 Å². The number of benzene rings is 1. The molecule has 3 aromatic rings. The molecule has 3 rings (SSSR count). The van der Waals surface area contributed by atoms with Crippen molar-refractivity contribution in [2.24, 2.45) is 0 Å². The molecule has 2 heterocycles. The summed E-state index contributed by atoms with van der Waals surface area (Å²) in [4.78, 5) is 8.24. The molecule has 0 saturated heterocycles. The molecule has 0 atom stereocenters. The van der Waals surface area contributed by atoms with Gasteiger partial charge in [-0.15, -0.1) is 0 Å². The van der Waals surface area contributed by atoms with Crippen molar-refractivity contribution < 1.29 is 0 Å². The van der Waals surface area contributed by atoms with E-state index < -0.39 is 0 Å². The minimum Gasteiger partial charge on any atom is -0.260 e. The maximum Gasteiger partial charge on any atom is 0.160 e. The molecule has 16 heavy (non-hydrogen) atoms. The molecule has 4 nitrogen and oxygen atoms in total. The first kappa shape index (κ1) is 9.47. The van der Waals surface area contributed by atoms with Crippen molar-refractivity contribution in [2.45, 2.75) is 0 Å². The molecule has 0 fully saturated rings. The number of nitrogens with zero attached hydrogens (tertiary/aromatic N) is 3. The lowest BCUT2D eigenvalue weighted by atomic mass is 10.1. The van der Waals surface area contributed by atoms with E-state index in [9.17, 15) is 0 Å². The van der Waals surface area contributed by atoms with Gasteiger partial charge in [-0.3, -0.25) is 5.10 Å². The predicted octanol–water partition coefficient (Wildman–Crippen LogP) is 2.78. The van der Waals surface area contributed by atoms with Gasteiger partial charge < -0.3 is 0 Å². The van der Waals surface area contributed by atoms with Gasteiger partial charge in [0.1, 0.15) is 16.6 Å². The van der Waals surface area contributed by atoms with E-state index in [-0.39, 0.29) is 0 Å². The van der Waals surface area contributed by atoms with Gasteiger partial charge in [0, 0.05) is 5.56 Å². The van der Waals surface area contributed by atoms with Gasteiger partial charge in [0.05, 0.1) is 5.39 Å². The number of aromatic nitrogens is 4. The van der Waals surface area contributed by atoms with E-state index in [1.54, 1.807) is 0 Å². The number of rotatable bonds is 1. The molecular formula is C11H7BrN4. The third kappa shape index (κ3) is 1.40. The molecule has 0 unspecified atom stereocenters. The van der Waals surface area contributed by atoms with Crippen molar-refractivity contribution in [3.05, 3.63) is 41.3 Å². The van der Waals surface area contributed by atoms with Crippen molar-refractivity contribution in [1.29, 1.82) is 0 Å². The highest BCUT2D eigenvalue weighted by Crippen LogP contribution is 2.29. The fourth-order valence-electron chi connectivity index (χ4n) is 1.63. The first-order chi connectivity index (χ1) is 7.86. The Morgan fingerprint density at radius 3 is 2.69 bits per heavy atom. The van der Waals surface area contributed by atoms with Crippen molar-refractivity contribution in [1.82, 2.24) is 20.2 Å². The van der Waals surface area contributed by atoms with Crippen LogP contribution in [0.1, 0.15) is 0 Å². The minimum absolute atomic E-state index is 0.737. The second-order valence-corrected chi connectivity index (χ2v) is 4.08. The van der Waals surface area contributed by atoms with Crippen LogP contribution in [0.15, 0.2) is 41.3 Å². The number of H-pyrrole nitrogens is 1. The Labute approximate surface area is 99.9 Å². The molecule has 0 amide bonds. The van der Waals surface area contributed by atoms with Crippen LogP contribution < -0.4 is 0 Å². The fraction of sp³-hybridized carbons (Fsp3) is 0. The smallest absolute Gasteiger partial charge is 0.160 e. The summed E-state index contributed by atoms with van der Waals surface area (Å²) in [5.74, 6) is 0. The van der Waals surface area contributed by atoms with Crippen LogP contribution >= 0.6 is 15.9 Å². The molecule has 0 aliphatic heterocycles. The van der Waals surface area contributed by atoms with Crippen LogP contribution in [0, 0.1) is 0 Å². The van der Waals surface area contributed by atoms with E-state index in [4.69, 9.17) is 0 Å². The molecule has 1 N–H and O–H groups in total. The standard InChI is InChI=1S/C11H7BrN4/c12-10-8-9(7-4-2-1-3-5-7)15-16-11(8)14-6-13-10/h1-6H,(H,13,14,15,16). The Kier molecular flexibility index (Phi) is 2.18. The van der Waals surface area contributed by atoms with E-state index in [1.807, 2.05) is 30.3 Å². The van der Waals surface area contributed by atoms with Gasteiger partial charge in [0.25, 0.3) is 0 Å². The highest BCUT2D eigenvalue weighted by atomic mass is 79.9. The molecule has 0 saturated carbocycles. The number of fused-ring (bicyclic) bond motifs is 1. The molecule has 78 valence electrons.